The van der Waals surface area contributed by atoms with Crippen LogP contribution >= 0.6 is 11.8 Å². The Morgan fingerprint density at radius 1 is 0.981 bits per heavy atom. The highest BCUT2D eigenvalue weighted by Gasteiger charge is 2.43. The van der Waals surface area contributed by atoms with E-state index in [1.54, 1.807) is 6.20 Å². The first-order chi connectivity index (χ1) is 25.3. The molecule has 2 aromatic rings. The van der Waals surface area contributed by atoms with Gasteiger partial charge in [-0.05, 0) is 74.9 Å². The van der Waals surface area contributed by atoms with Crippen LogP contribution in [0.5, 0.6) is 0 Å². The molecule has 3 aliphatic rings. The Labute approximate surface area is 320 Å². The average molecular weight is 805 g/mol. The summed E-state index contributed by atoms with van der Waals surface area (Å²) in [5.74, 6) is -0.570. The first-order valence-electron chi connectivity index (χ1n) is 17.7. The number of carbonyl (C=O) groups excluding carboxylic acids is 3. The highest BCUT2D eigenvalue weighted by atomic mass is 32.2. The molecule has 2 N–H and O–H groups in total. The SMILES string of the molecule is CC1(C)C(/C=C/C=C2/N(CCCCS(=O)(=O)O)c3ncc(SCCC(=O)ON4C(=O)CCC4=O)cc3C2(C)C)=Nc2c1ccc[n+]2CCCCS(=O)(=O)O. The number of pyridine rings is 2. The standard InChI is InChI=1S/C36H45N5O10S3/c1-35(2)26-11-10-18-39(17-5-7-21-53(45,46)47)34(26)38-28(35)12-9-13-29-36(3,4)27-23-25(24-37-33(27)40(29)19-6-8-22-54(48,49)50)52-20-16-32(44)51-41-30(42)14-15-31(41)43/h9-13,18,23-24H,5-8,14-17,19-22H2,1-4H3,(H-,45,46,47,48,49,50)/p+1. The highest BCUT2D eigenvalue weighted by molar-refractivity contribution is 7.99. The number of unbranched alkanes of at least 4 members (excludes halogenated alkanes) is 2. The highest BCUT2D eigenvalue weighted by Crippen LogP contribution is 2.48. The number of carbonyl (C=O) groups is 3. The first kappa shape index (κ1) is 41.2. The number of nitrogens with zero attached hydrogens (tertiary/aromatic N) is 5. The van der Waals surface area contributed by atoms with E-state index in [0.29, 0.717) is 49.0 Å². The van der Waals surface area contributed by atoms with E-state index in [1.807, 2.05) is 47.2 Å². The lowest BCUT2D eigenvalue weighted by atomic mass is 9.82. The molecule has 0 bridgehead atoms. The number of rotatable bonds is 17. The third kappa shape index (κ3) is 9.82. The molecule has 15 nitrogen and oxygen atoms in total. The van der Waals surface area contributed by atoms with Gasteiger partial charge in [-0.25, -0.2) is 14.3 Å². The number of aryl methyl sites for hydroxylation is 1. The van der Waals surface area contributed by atoms with Crippen LogP contribution in [0.1, 0.15) is 83.8 Å². The van der Waals surface area contributed by atoms with E-state index in [0.717, 1.165) is 33.2 Å². The fraction of sp³-hybridized carbons (Fsp3) is 0.500. The number of hydrogen-bond acceptors (Lipinski definition) is 12. The van der Waals surface area contributed by atoms with Crippen molar-refractivity contribution in [2.45, 2.75) is 94.9 Å². The maximum atomic E-state index is 12.3. The van der Waals surface area contributed by atoms with Gasteiger partial charge < -0.3 is 9.74 Å². The number of hydrogen-bond donors (Lipinski definition) is 2. The van der Waals surface area contributed by atoms with Gasteiger partial charge in [0.15, 0.2) is 5.71 Å². The molecule has 1 saturated heterocycles. The summed E-state index contributed by atoms with van der Waals surface area (Å²) in [5, 5.41) is 0.537. The monoisotopic (exact) mass is 804 g/mol. The van der Waals surface area contributed by atoms with Gasteiger partial charge in [0.25, 0.3) is 32.1 Å². The van der Waals surface area contributed by atoms with E-state index >= 15 is 0 Å². The Balaban J connectivity index is 1.34. The van der Waals surface area contributed by atoms with Gasteiger partial charge in [0.2, 0.25) is 0 Å². The number of aliphatic imine (C=N–C) groups is 1. The Morgan fingerprint density at radius 2 is 1.65 bits per heavy atom. The number of amides is 2. The average Bonchev–Trinajstić information content (AvgIpc) is 3.61. The summed E-state index contributed by atoms with van der Waals surface area (Å²) >= 11 is 1.38. The number of thioether (sulfide) groups is 1. The van der Waals surface area contributed by atoms with Crippen molar-refractivity contribution in [1.29, 1.82) is 0 Å². The molecular formula is C36H46N5O10S3+. The zero-order valence-electron chi connectivity index (χ0n) is 30.7. The van der Waals surface area contributed by atoms with Gasteiger partial charge in [0.05, 0.1) is 41.6 Å². The summed E-state index contributed by atoms with van der Waals surface area (Å²) in [7, 11) is -8.12. The van der Waals surface area contributed by atoms with Crippen molar-refractivity contribution in [3.8, 4) is 0 Å². The van der Waals surface area contributed by atoms with Crippen LogP contribution in [0.2, 0.25) is 0 Å². The van der Waals surface area contributed by atoms with Crippen LogP contribution in [0.25, 0.3) is 0 Å². The molecule has 0 spiro atoms. The molecule has 5 heterocycles. The van der Waals surface area contributed by atoms with E-state index in [2.05, 4.69) is 32.6 Å². The Hall–Kier alpha value is -3.97. The van der Waals surface area contributed by atoms with Crippen LogP contribution < -0.4 is 9.47 Å². The molecule has 2 amide bonds. The zero-order chi connectivity index (χ0) is 39.5. The Bertz CT molecular complexity index is 2110. The van der Waals surface area contributed by atoms with Crippen LogP contribution in [0.4, 0.5) is 11.6 Å². The molecule has 0 saturated carbocycles. The fourth-order valence-electron chi connectivity index (χ4n) is 6.69. The van der Waals surface area contributed by atoms with Crippen molar-refractivity contribution in [2.75, 3.05) is 28.7 Å². The molecule has 2 aromatic heterocycles. The summed E-state index contributed by atoms with van der Waals surface area (Å²) in [6.45, 7) is 9.29. The Kier molecular flexibility index (Phi) is 12.5. The van der Waals surface area contributed by atoms with Gasteiger partial charge in [-0.3, -0.25) is 18.7 Å². The summed E-state index contributed by atoms with van der Waals surface area (Å²) in [5.41, 5.74) is 2.74. The van der Waals surface area contributed by atoms with Crippen molar-refractivity contribution < 1.29 is 49.7 Å². The van der Waals surface area contributed by atoms with E-state index < -0.39 is 48.8 Å². The molecule has 0 unspecified atom stereocenters. The summed E-state index contributed by atoms with van der Waals surface area (Å²) in [6, 6.07) is 5.98. The molecule has 5 rings (SSSR count). The van der Waals surface area contributed by atoms with Crippen LogP contribution in [-0.2, 0) is 56.8 Å². The van der Waals surface area contributed by atoms with Crippen molar-refractivity contribution in [3.63, 3.8) is 0 Å². The number of allylic oxidation sites excluding steroid dienone is 4. The summed E-state index contributed by atoms with van der Waals surface area (Å²) < 4.78 is 65.5. The van der Waals surface area contributed by atoms with E-state index in [1.165, 1.54) is 11.8 Å². The molecular weight excluding hydrogens is 759 g/mol. The molecule has 0 aliphatic carbocycles. The lowest BCUT2D eigenvalue weighted by Crippen LogP contribution is -2.35. The minimum atomic E-state index is -4.10. The predicted octanol–water partition coefficient (Wildman–Crippen LogP) is 4.40. The van der Waals surface area contributed by atoms with Gasteiger partial charge in [-0.15, -0.1) is 16.8 Å². The van der Waals surface area contributed by atoms with Gasteiger partial charge in [0.1, 0.15) is 5.82 Å². The number of anilines is 1. The largest absolute Gasteiger partial charge is 0.334 e. The van der Waals surface area contributed by atoms with E-state index in [9.17, 15) is 35.8 Å². The number of imide groups is 1. The first-order valence-corrected chi connectivity index (χ1v) is 21.9. The maximum Gasteiger partial charge on any atom is 0.334 e. The molecule has 18 heteroatoms. The van der Waals surface area contributed by atoms with Crippen LogP contribution in [0, 0.1) is 0 Å². The van der Waals surface area contributed by atoms with Crippen LogP contribution in [0.15, 0.2) is 64.4 Å². The van der Waals surface area contributed by atoms with Crippen molar-refractivity contribution in [3.05, 3.63) is 65.6 Å². The minimum Gasteiger partial charge on any atom is -0.330 e. The van der Waals surface area contributed by atoms with Gasteiger partial charge in [0, 0.05) is 52.9 Å². The van der Waals surface area contributed by atoms with Crippen LogP contribution in [0.3, 0.4) is 0 Å². The second-order valence-corrected chi connectivity index (χ2v) is 18.7. The van der Waals surface area contributed by atoms with Crippen molar-refractivity contribution >= 4 is 67.1 Å². The quantitative estimate of drug-likeness (QED) is 0.0750. The van der Waals surface area contributed by atoms with Crippen molar-refractivity contribution in [1.82, 2.24) is 10.0 Å². The topological polar surface area (TPSA) is 205 Å². The van der Waals surface area contributed by atoms with Gasteiger partial charge >= 0.3 is 11.8 Å². The summed E-state index contributed by atoms with van der Waals surface area (Å²) in [4.78, 5) is 53.5. The number of aromatic nitrogens is 2. The number of hydroxylamine groups is 2. The zero-order valence-corrected chi connectivity index (χ0v) is 33.2. The maximum absolute atomic E-state index is 12.3. The normalized spacial score (nSPS) is 18.5. The number of fused-ring (bicyclic) bond motifs is 2. The second kappa shape index (κ2) is 16.4. The molecule has 0 radical (unpaired) electrons. The molecule has 54 heavy (non-hydrogen) atoms. The molecule has 3 aliphatic heterocycles. The second-order valence-electron chi connectivity index (χ2n) is 14.4. The Morgan fingerprint density at radius 3 is 2.31 bits per heavy atom. The third-order valence-corrected chi connectivity index (χ3v) is 12.2. The van der Waals surface area contributed by atoms with E-state index in [4.69, 9.17) is 19.4 Å². The van der Waals surface area contributed by atoms with E-state index in [-0.39, 0.29) is 37.2 Å². The molecule has 292 valence electrons. The molecule has 0 aromatic carbocycles. The summed E-state index contributed by atoms with van der Waals surface area (Å²) in [6.07, 6.45) is 11.1. The lowest BCUT2D eigenvalue weighted by molar-refractivity contribution is -0.684. The fourth-order valence-corrected chi connectivity index (χ4v) is 8.66. The predicted molar refractivity (Wildman–Crippen MR) is 202 cm³/mol. The smallest absolute Gasteiger partial charge is 0.330 e. The van der Waals surface area contributed by atoms with Crippen molar-refractivity contribution in [2.24, 2.45) is 4.99 Å². The lowest BCUT2D eigenvalue weighted by Gasteiger charge is -2.26. The minimum absolute atomic E-state index is 0.0219. The van der Waals surface area contributed by atoms with Crippen LogP contribution in [-0.4, -0.2) is 83.3 Å². The van der Waals surface area contributed by atoms with Gasteiger partial charge in [-0.2, -0.15) is 16.8 Å². The third-order valence-electron chi connectivity index (χ3n) is 9.65. The molecule has 0 atom stereocenters. The molecule has 1 fully saturated rings. The van der Waals surface area contributed by atoms with Gasteiger partial charge in [-0.1, -0.05) is 19.9 Å².